The lowest BCUT2D eigenvalue weighted by atomic mass is 10.1. The molecule has 0 aliphatic carbocycles. The van der Waals surface area contributed by atoms with Crippen LogP contribution in [0.3, 0.4) is 0 Å². The number of aryl methyl sites for hydroxylation is 2. The molecule has 0 radical (unpaired) electrons. The number of hydrogen-bond acceptors (Lipinski definition) is 4. The average molecular weight is 478 g/mol. The number of para-hydroxylation sites is 1. The van der Waals surface area contributed by atoms with Crippen molar-refractivity contribution in [2.75, 3.05) is 23.7 Å². The topological polar surface area (TPSA) is 86.8 Å². The highest BCUT2D eigenvalue weighted by molar-refractivity contribution is 7.92. The second-order valence-electron chi connectivity index (χ2n) is 8.13. The number of carbonyl (C=O) groups is 2. The van der Waals surface area contributed by atoms with Crippen LogP contribution in [0.1, 0.15) is 37.0 Å². The summed E-state index contributed by atoms with van der Waals surface area (Å²) in [7, 11) is -3.79. The number of benzene rings is 2. The first kappa shape index (κ1) is 26.3. The molecule has 0 spiro atoms. The van der Waals surface area contributed by atoms with E-state index in [1.165, 1.54) is 29.2 Å². The maximum Gasteiger partial charge on any atom is 0.244 e. The molecule has 33 heavy (non-hydrogen) atoms. The van der Waals surface area contributed by atoms with Crippen molar-refractivity contribution < 1.29 is 22.4 Å². The summed E-state index contributed by atoms with van der Waals surface area (Å²) in [6, 6.07) is 10.1. The highest BCUT2D eigenvalue weighted by atomic mass is 32.2. The van der Waals surface area contributed by atoms with Crippen LogP contribution in [0, 0.1) is 19.7 Å². The molecule has 2 aromatic carbocycles. The van der Waals surface area contributed by atoms with Gasteiger partial charge in [0.25, 0.3) is 0 Å². The Bertz CT molecular complexity index is 1070. The third kappa shape index (κ3) is 7.02. The van der Waals surface area contributed by atoms with Crippen LogP contribution in [0.25, 0.3) is 0 Å². The summed E-state index contributed by atoms with van der Waals surface area (Å²) >= 11 is 0. The number of anilines is 1. The predicted octanol–water partition coefficient (Wildman–Crippen LogP) is 3.15. The van der Waals surface area contributed by atoms with Crippen molar-refractivity contribution in [2.45, 2.75) is 46.7 Å². The minimum Gasteiger partial charge on any atom is -0.354 e. The van der Waals surface area contributed by atoms with Gasteiger partial charge in [-0.2, -0.15) is 0 Å². The number of amides is 2. The fraction of sp³-hybridized carbons (Fsp3) is 0.417. The zero-order valence-electron chi connectivity index (χ0n) is 19.8. The van der Waals surface area contributed by atoms with Gasteiger partial charge in [-0.1, -0.05) is 37.3 Å². The van der Waals surface area contributed by atoms with Gasteiger partial charge in [-0.05, 0) is 56.0 Å². The number of rotatable bonds is 10. The molecule has 180 valence electrons. The van der Waals surface area contributed by atoms with E-state index in [2.05, 4.69) is 5.32 Å². The second-order valence-corrected chi connectivity index (χ2v) is 10.0. The largest absolute Gasteiger partial charge is 0.354 e. The third-order valence-corrected chi connectivity index (χ3v) is 6.46. The lowest BCUT2D eigenvalue weighted by molar-refractivity contribution is -0.139. The quantitative estimate of drug-likeness (QED) is 0.570. The molecular weight excluding hydrogens is 445 g/mol. The van der Waals surface area contributed by atoms with Crippen LogP contribution in [0.5, 0.6) is 0 Å². The van der Waals surface area contributed by atoms with E-state index < -0.39 is 34.3 Å². The molecule has 2 amide bonds. The van der Waals surface area contributed by atoms with Crippen molar-refractivity contribution in [3.8, 4) is 0 Å². The first-order valence-corrected chi connectivity index (χ1v) is 12.7. The van der Waals surface area contributed by atoms with Crippen molar-refractivity contribution in [2.24, 2.45) is 0 Å². The molecule has 2 rings (SSSR count). The van der Waals surface area contributed by atoms with Gasteiger partial charge >= 0.3 is 0 Å². The molecule has 9 heteroatoms. The number of nitrogens with zero attached hydrogens (tertiary/aromatic N) is 2. The van der Waals surface area contributed by atoms with Crippen LogP contribution < -0.4 is 9.62 Å². The standard InChI is InChI=1S/C24H32FN3O4S/c1-6-14-26-24(30)19(4)27(15-20-10-12-21(25)13-11-20)22(29)16-28(33(5,31)32)23-17(2)8-7-9-18(23)3/h7-13,19H,6,14-16H2,1-5H3,(H,26,30)/t19-/m1/s1. The van der Waals surface area contributed by atoms with Gasteiger partial charge in [0.15, 0.2) is 0 Å². The van der Waals surface area contributed by atoms with Crippen LogP contribution in [0.2, 0.25) is 0 Å². The highest BCUT2D eigenvalue weighted by Crippen LogP contribution is 2.27. The molecule has 0 aliphatic heterocycles. The number of nitrogens with one attached hydrogen (secondary N) is 1. The second kappa shape index (κ2) is 11.3. The number of carbonyl (C=O) groups excluding carboxylic acids is 2. The maximum atomic E-state index is 13.5. The Morgan fingerprint density at radius 1 is 1.06 bits per heavy atom. The molecule has 0 aliphatic rings. The van der Waals surface area contributed by atoms with E-state index in [4.69, 9.17) is 0 Å². The van der Waals surface area contributed by atoms with Crippen LogP contribution in [0.4, 0.5) is 10.1 Å². The summed E-state index contributed by atoms with van der Waals surface area (Å²) in [5.41, 5.74) is 2.50. The van der Waals surface area contributed by atoms with Crippen molar-refractivity contribution >= 4 is 27.5 Å². The van der Waals surface area contributed by atoms with E-state index in [-0.39, 0.29) is 12.5 Å². The van der Waals surface area contributed by atoms with E-state index in [9.17, 15) is 22.4 Å². The minimum absolute atomic E-state index is 0.0319. The zero-order chi connectivity index (χ0) is 24.8. The number of sulfonamides is 1. The van der Waals surface area contributed by atoms with Crippen molar-refractivity contribution in [1.82, 2.24) is 10.2 Å². The lowest BCUT2D eigenvalue weighted by Crippen LogP contribution is -2.51. The fourth-order valence-electron chi connectivity index (χ4n) is 3.54. The van der Waals surface area contributed by atoms with E-state index >= 15 is 0 Å². The molecule has 1 N–H and O–H groups in total. The molecule has 0 saturated carbocycles. The van der Waals surface area contributed by atoms with E-state index in [0.717, 1.165) is 17.0 Å². The maximum absolute atomic E-state index is 13.5. The summed E-state index contributed by atoms with van der Waals surface area (Å²) in [5, 5.41) is 2.77. The molecule has 0 fully saturated rings. The molecule has 7 nitrogen and oxygen atoms in total. The molecule has 0 unspecified atom stereocenters. The Kier molecular flexibility index (Phi) is 8.99. The summed E-state index contributed by atoms with van der Waals surface area (Å²) in [5.74, 6) is -1.29. The molecule has 0 heterocycles. The van der Waals surface area contributed by atoms with E-state index in [1.807, 2.05) is 13.0 Å². The normalized spacial score (nSPS) is 12.2. The Hall–Kier alpha value is -2.94. The van der Waals surface area contributed by atoms with Gasteiger partial charge in [0.05, 0.1) is 11.9 Å². The van der Waals surface area contributed by atoms with E-state index in [1.54, 1.807) is 32.9 Å². The van der Waals surface area contributed by atoms with Crippen molar-refractivity contribution in [3.05, 3.63) is 65.0 Å². The SMILES string of the molecule is CCCNC(=O)[C@@H](C)N(Cc1ccc(F)cc1)C(=O)CN(c1c(C)cccc1C)S(C)(=O)=O. The van der Waals surface area contributed by atoms with Gasteiger partial charge < -0.3 is 10.2 Å². The zero-order valence-corrected chi connectivity index (χ0v) is 20.6. The first-order chi connectivity index (χ1) is 15.5. The summed E-state index contributed by atoms with van der Waals surface area (Å²) in [6.45, 7) is 7.10. The highest BCUT2D eigenvalue weighted by Gasteiger charge is 2.31. The smallest absolute Gasteiger partial charge is 0.244 e. The van der Waals surface area contributed by atoms with Crippen LogP contribution in [0.15, 0.2) is 42.5 Å². The summed E-state index contributed by atoms with van der Waals surface area (Å²) < 4.78 is 39.8. The van der Waals surface area contributed by atoms with Gasteiger partial charge in [-0.25, -0.2) is 12.8 Å². The summed E-state index contributed by atoms with van der Waals surface area (Å²) in [6.07, 6.45) is 1.78. The van der Waals surface area contributed by atoms with Crippen LogP contribution >= 0.6 is 0 Å². The fourth-order valence-corrected chi connectivity index (χ4v) is 4.50. The van der Waals surface area contributed by atoms with Crippen molar-refractivity contribution in [1.29, 1.82) is 0 Å². The minimum atomic E-state index is -3.79. The van der Waals surface area contributed by atoms with Gasteiger partial charge in [0, 0.05) is 13.1 Å². The molecular formula is C24H32FN3O4S. The lowest BCUT2D eigenvalue weighted by Gasteiger charge is -2.32. The first-order valence-electron chi connectivity index (χ1n) is 10.8. The van der Waals surface area contributed by atoms with Crippen LogP contribution in [-0.2, 0) is 26.2 Å². The average Bonchev–Trinajstić information content (AvgIpc) is 2.74. The van der Waals surface area contributed by atoms with Gasteiger partial charge in [0.2, 0.25) is 21.8 Å². The molecule has 1 atom stereocenters. The summed E-state index contributed by atoms with van der Waals surface area (Å²) in [4.78, 5) is 27.4. The van der Waals surface area contributed by atoms with E-state index in [0.29, 0.717) is 28.9 Å². The Labute approximate surface area is 195 Å². The van der Waals surface area contributed by atoms with Gasteiger partial charge in [0.1, 0.15) is 18.4 Å². The van der Waals surface area contributed by atoms with Crippen molar-refractivity contribution in [3.63, 3.8) is 0 Å². The predicted molar refractivity (Wildman–Crippen MR) is 128 cm³/mol. The van der Waals surface area contributed by atoms with Crippen LogP contribution in [-0.4, -0.2) is 50.5 Å². The van der Waals surface area contributed by atoms with Gasteiger partial charge in [-0.15, -0.1) is 0 Å². The Morgan fingerprint density at radius 2 is 1.64 bits per heavy atom. The molecule has 0 bridgehead atoms. The third-order valence-electron chi connectivity index (χ3n) is 5.35. The Morgan fingerprint density at radius 3 is 2.15 bits per heavy atom. The number of halogens is 1. The number of hydrogen-bond donors (Lipinski definition) is 1. The molecule has 2 aromatic rings. The monoisotopic (exact) mass is 477 g/mol. The molecule has 0 saturated heterocycles. The van der Waals surface area contributed by atoms with Gasteiger partial charge in [-0.3, -0.25) is 13.9 Å². The molecule has 0 aromatic heterocycles. The Balaban J connectivity index is 2.42.